The fourth-order valence-corrected chi connectivity index (χ4v) is 4.86. The Kier molecular flexibility index (Phi) is 8.04. The van der Waals surface area contributed by atoms with Crippen LogP contribution in [0.3, 0.4) is 0 Å². The lowest BCUT2D eigenvalue weighted by molar-refractivity contribution is -0.141. The zero-order valence-corrected chi connectivity index (χ0v) is 19.7. The van der Waals surface area contributed by atoms with Crippen LogP contribution in [0.15, 0.2) is 72.4 Å². The molecule has 3 aromatic rings. The summed E-state index contributed by atoms with van der Waals surface area (Å²) in [7, 11) is 0. The molecule has 0 spiro atoms. The van der Waals surface area contributed by atoms with Gasteiger partial charge in [0.1, 0.15) is 6.04 Å². The number of hydrogen-bond acceptors (Lipinski definition) is 5. The van der Waals surface area contributed by atoms with Crippen molar-refractivity contribution >= 4 is 29.1 Å². The van der Waals surface area contributed by atoms with E-state index in [4.69, 9.17) is 0 Å². The van der Waals surface area contributed by atoms with Crippen molar-refractivity contribution in [3.63, 3.8) is 0 Å². The van der Waals surface area contributed by atoms with Gasteiger partial charge in [-0.15, -0.1) is 11.3 Å². The van der Waals surface area contributed by atoms with Crippen LogP contribution in [0.25, 0.3) is 0 Å². The van der Waals surface area contributed by atoms with E-state index in [0.717, 1.165) is 31.2 Å². The van der Waals surface area contributed by atoms with Crippen molar-refractivity contribution in [3.05, 3.63) is 88.4 Å². The number of carbonyl (C=O) groups excluding carboxylic acids is 3. The van der Waals surface area contributed by atoms with E-state index in [9.17, 15) is 14.4 Å². The van der Waals surface area contributed by atoms with Gasteiger partial charge in [-0.25, -0.2) is 0 Å². The fourth-order valence-electron chi connectivity index (χ4n) is 4.22. The van der Waals surface area contributed by atoms with Gasteiger partial charge >= 0.3 is 0 Å². The summed E-state index contributed by atoms with van der Waals surface area (Å²) in [5.41, 5.74) is 1.52. The van der Waals surface area contributed by atoms with E-state index in [-0.39, 0.29) is 36.9 Å². The number of nitrogens with one attached hydrogen (secondary N) is 2. The van der Waals surface area contributed by atoms with Crippen LogP contribution < -0.4 is 10.6 Å². The van der Waals surface area contributed by atoms with Crippen molar-refractivity contribution < 1.29 is 14.4 Å². The third kappa shape index (κ3) is 6.08. The first-order chi connectivity index (χ1) is 16.6. The zero-order chi connectivity index (χ0) is 23.8. The molecule has 0 radical (unpaired) electrons. The quantitative estimate of drug-likeness (QED) is 0.493. The number of aromatic nitrogens is 1. The largest absolute Gasteiger partial charge is 0.351 e. The summed E-state index contributed by atoms with van der Waals surface area (Å²) < 4.78 is 0. The van der Waals surface area contributed by atoms with Crippen molar-refractivity contribution in [2.45, 2.75) is 44.3 Å². The molecule has 34 heavy (non-hydrogen) atoms. The Morgan fingerprint density at radius 3 is 2.50 bits per heavy atom. The zero-order valence-electron chi connectivity index (χ0n) is 18.9. The van der Waals surface area contributed by atoms with E-state index >= 15 is 0 Å². The number of benzene rings is 1. The van der Waals surface area contributed by atoms with E-state index in [1.54, 1.807) is 36.7 Å². The van der Waals surface area contributed by atoms with Gasteiger partial charge in [-0.05, 0) is 35.9 Å². The molecular weight excluding hydrogens is 448 g/mol. The predicted octanol–water partition coefficient (Wildman–Crippen LogP) is 3.70. The maximum absolute atomic E-state index is 13.5. The monoisotopic (exact) mass is 476 g/mol. The van der Waals surface area contributed by atoms with Crippen LogP contribution in [0.2, 0.25) is 0 Å². The molecule has 1 atom stereocenters. The van der Waals surface area contributed by atoms with Crippen LogP contribution in [-0.2, 0) is 16.1 Å². The summed E-state index contributed by atoms with van der Waals surface area (Å²) >= 11 is 1.31. The molecule has 0 aliphatic heterocycles. The highest BCUT2D eigenvalue weighted by Crippen LogP contribution is 2.25. The van der Waals surface area contributed by atoms with Crippen molar-refractivity contribution in [2.75, 3.05) is 6.54 Å². The van der Waals surface area contributed by atoms with Crippen molar-refractivity contribution in [3.8, 4) is 0 Å². The van der Waals surface area contributed by atoms with Crippen LogP contribution in [0.1, 0.15) is 52.5 Å². The van der Waals surface area contributed by atoms with Crippen LogP contribution >= 0.6 is 11.3 Å². The van der Waals surface area contributed by atoms with E-state index in [1.165, 1.54) is 16.2 Å². The molecule has 8 heteroatoms. The Bertz CT molecular complexity index is 1080. The molecule has 3 amide bonds. The maximum Gasteiger partial charge on any atom is 0.261 e. The molecule has 2 N–H and O–H groups in total. The minimum Gasteiger partial charge on any atom is -0.351 e. The first-order valence-electron chi connectivity index (χ1n) is 11.5. The van der Waals surface area contributed by atoms with Crippen LogP contribution in [0.5, 0.6) is 0 Å². The first-order valence-corrected chi connectivity index (χ1v) is 12.3. The SMILES string of the molecule is O=C(NCC(=O)N(Cc1ccccc1)[C@H](C(=O)NC1CCCC1)c1cccnc1)c1cccs1. The third-order valence-corrected chi connectivity index (χ3v) is 6.79. The molecule has 1 saturated carbocycles. The van der Waals surface area contributed by atoms with Crippen molar-refractivity contribution in [1.29, 1.82) is 0 Å². The summed E-state index contributed by atoms with van der Waals surface area (Å²) in [5.74, 6) is -0.880. The van der Waals surface area contributed by atoms with E-state index < -0.39 is 6.04 Å². The van der Waals surface area contributed by atoms with Gasteiger partial charge < -0.3 is 15.5 Å². The molecule has 1 fully saturated rings. The van der Waals surface area contributed by atoms with Gasteiger partial charge in [0, 0.05) is 30.5 Å². The van der Waals surface area contributed by atoms with Crippen molar-refractivity contribution in [1.82, 2.24) is 20.5 Å². The summed E-state index contributed by atoms with van der Waals surface area (Å²) in [6, 6.07) is 15.8. The molecule has 7 nitrogen and oxygen atoms in total. The smallest absolute Gasteiger partial charge is 0.261 e. The number of rotatable bonds is 9. The highest BCUT2D eigenvalue weighted by Gasteiger charge is 2.33. The molecule has 2 aromatic heterocycles. The van der Waals surface area contributed by atoms with Crippen LogP contribution in [-0.4, -0.2) is 40.2 Å². The molecule has 2 heterocycles. The van der Waals surface area contributed by atoms with Crippen LogP contribution in [0.4, 0.5) is 0 Å². The number of carbonyl (C=O) groups is 3. The molecule has 1 aliphatic carbocycles. The van der Waals surface area contributed by atoms with Gasteiger partial charge in [-0.1, -0.05) is 55.3 Å². The molecule has 0 saturated heterocycles. The van der Waals surface area contributed by atoms with E-state index in [1.807, 2.05) is 35.7 Å². The Hall–Kier alpha value is -3.52. The number of thiophene rings is 1. The second-order valence-corrected chi connectivity index (χ2v) is 9.29. The van der Waals surface area contributed by atoms with E-state index in [0.29, 0.717) is 10.4 Å². The Labute approximate surface area is 203 Å². The van der Waals surface area contributed by atoms with Gasteiger partial charge in [-0.3, -0.25) is 19.4 Å². The molecule has 0 unspecified atom stereocenters. The maximum atomic E-state index is 13.5. The summed E-state index contributed by atoms with van der Waals surface area (Å²) in [5, 5.41) is 7.65. The summed E-state index contributed by atoms with van der Waals surface area (Å²) in [6.07, 6.45) is 7.31. The predicted molar refractivity (Wildman–Crippen MR) is 131 cm³/mol. The molecule has 0 bridgehead atoms. The first kappa shape index (κ1) is 23.6. The van der Waals surface area contributed by atoms with Gasteiger partial charge in [-0.2, -0.15) is 0 Å². The summed E-state index contributed by atoms with van der Waals surface area (Å²) in [4.78, 5) is 45.7. The van der Waals surface area contributed by atoms with Gasteiger partial charge in [0.2, 0.25) is 11.8 Å². The lowest BCUT2D eigenvalue weighted by Crippen LogP contribution is -2.48. The van der Waals surface area contributed by atoms with E-state index in [2.05, 4.69) is 15.6 Å². The molecule has 176 valence electrons. The Balaban J connectivity index is 1.60. The van der Waals surface area contributed by atoms with Crippen molar-refractivity contribution in [2.24, 2.45) is 0 Å². The standard InChI is InChI=1S/C26H28N4O3S/c31-23(17-28-25(32)22-13-7-15-34-22)30(18-19-8-2-1-3-9-19)24(20-10-6-14-27-16-20)26(33)29-21-11-4-5-12-21/h1-3,6-10,13-16,21,24H,4-5,11-12,17-18H2,(H,28,32)(H,29,33)/t24-/m0/s1. The Morgan fingerprint density at radius 2 is 1.82 bits per heavy atom. The summed E-state index contributed by atoms with van der Waals surface area (Å²) in [6.45, 7) is 0.0171. The van der Waals surface area contributed by atoms with Crippen LogP contribution in [0, 0.1) is 0 Å². The lowest BCUT2D eigenvalue weighted by Gasteiger charge is -2.32. The second kappa shape index (κ2) is 11.6. The highest BCUT2D eigenvalue weighted by molar-refractivity contribution is 7.12. The number of hydrogen-bond donors (Lipinski definition) is 2. The number of amides is 3. The average Bonchev–Trinajstić information content (AvgIpc) is 3.58. The third-order valence-electron chi connectivity index (χ3n) is 5.92. The number of nitrogens with zero attached hydrogens (tertiary/aromatic N) is 2. The topological polar surface area (TPSA) is 91.4 Å². The highest BCUT2D eigenvalue weighted by atomic mass is 32.1. The van der Waals surface area contributed by atoms with Gasteiger partial charge in [0.15, 0.2) is 0 Å². The minimum absolute atomic E-state index is 0.110. The van der Waals surface area contributed by atoms with Gasteiger partial charge in [0.05, 0.1) is 11.4 Å². The molecular formula is C26H28N4O3S. The normalized spacial score (nSPS) is 14.4. The van der Waals surface area contributed by atoms with Gasteiger partial charge in [0.25, 0.3) is 5.91 Å². The average molecular weight is 477 g/mol. The molecule has 4 rings (SSSR count). The molecule has 1 aliphatic rings. The minimum atomic E-state index is -0.861. The lowest BCUT2D eigenvalue weighted by atomic mass is 10.0. The number of pyridine rings is 1. The second-order valence-electron chi connectivity index (χ2n) is 8.35. The fraction of sp³-hybridized carbons (Fsp3) is 0.308. The Morgan fingerprint density at radius 1 is 1.03 bits per heavy atom. The molecule has 1 aromatic carbocycles.